The maximum Gasteiger partial charge on any atom is 0.122 e. The Morgan fingerprint density at radius 2 is 1.76 bits per heavy atom. The van der Waals surface area contributed by atoms with Crippen LogP contribution in [0.15, 0.2) is 48.7 Å². The van der Waals surface area contributed by atoms with Crippen LogP contribution in [-0.2, 0) is 6.54 Å². The van der Waals surface area contributed by atoms with Crippen molar-refractivity contribution in [3.63, 3.8) is 0 Å². The number of piperazine rings is 1. The molecule has 2 aromatic rings. The fraction of sp³-hybridized carbons (Fsp3) is 0.450. The zero-order chi connectivity index (χ0) is 17.5. The molecular weight excluding hydrogens is 314 g/mol. The van der Waals surface area contributed by atoms with Crippen molar-refractivity contribution in [3.8, 4) is 5.75 Å². The topological polar surface area (TPSA) is 48.8 Å². The third-order valence-electron chi connectivity index (χ3n) is 4.57. The molecule has 1 aromatic heterocycles. The van der Waals surface area contributed by atoms with Crippen molar-refractivity contribution in [1.82, 2.24) is 14.8 Å². The lowest BCUT2D eigenvalue weighted by molar-refractivity contribution is 0.0442. The normalized spacial score (nSPS) is 17.4. The number of hydrogen-bond acceptors (Lipinski definition) is 5. The first kappa shape index (κ1) is 17.9. The van der Waals surface area contributed by atoms with Gasteiger partial charge in [-0.05, 0) is 30.7 Å². The summed E-state index contributed by atoms with van der Waals surface area (Å²) in [7, 11) is 0. The Labute approximate surface area is 149 Å². The van der Waals surface area contributed by atoms with Crippen LogP contribution in [0.2, 0.25) is 0 Å². The quantitative estimate of drug-likeness (QED) is 0.834. The van der Waals surface area contributed by atoms with Gasteiger partial charge in [0.25, 0.3) is 0 Å². The van der Waals surface area contributed by atoms with Crippen LogP contribution in [0.3, 0.4) is 0 Å². The van der Waals surface area contributed by atoms with E-state index in [1.54, 1.807) is 0 Å². The monoisotopic (exact) mass is 341 g/mol. The van der Waals surface area contributed by atoms with Crippen molar-refractivity contribution in [2.24, 2.45) is 0 Å². The summed E-state index contributed by atoms with van der Waals surface area (Å²) in [6, 6.07) is 13.9. The van der Waals surface area contributed by atoms with E-state index in [1.807, 2.05) is 49.5 Å². The molecule has 25 heavy (non-hydrogen) atoms. The van der Waals surface area contributed by atoms with Gasteiger partial charge in [-0.1, -0.05) is 24.3 Å². The molecule has 0 spiro atoms. The van der Waals surface area contributed by atoms with Crippen LogP contribution in [0.25, 0.3) is 0 Å². The molecule has 5 heteroatoms. The summed E-state index contributed by atoms with van der Waals surface area (Å²) >= 11 is 0. The van der Waals surface area contributed by atoms with E-state index in [1.165, 1.54) is 0 Å². The smallest absolute Gasteiger partial charge is 0.122 e. The summed E-state index contributed by atoms with van der Waals surface area (Å²) in [6.45, 7) is 7.84. The van der Waals surface area contributed by atoms with E-state index in [0.29, 0.717) is 13.2 Å². The highest BCUT2D eigenvalue weighted by atomic mass is 16.5. The number of aryl methyl sites for hydroxylation is 1. The number of para-hydroxylation sites is 1. The molecule has 1 aliphatic heterocycles. The van der Waals surface area contributed by atoms with Crippen LogP contribution >= 0.6 is 0 Å². The van der Waals surface area contributed by atoms with Gasteiger partial charge in [0, 0.05) is 45.5 Å². The molecule has 0 radical (unpaired) electrons. The Hall–Kier alpha value is -1.95. The predicted octanol–water partition coefficient (Wildman–Crippen LogP) is 1.95. The summed E-state index contributed by atoms with van der Waals surface area (Å²) in [5, 5.41) is 10.3. The van der Waals surface area contributed by atoms with Gasteiger partial charge in [-0.15, -0.1) is 0 Å². The molecule has 1 aliphatic rings. The highest BCUT2D eigenvalue weighted by molar-refractivity contribution is 5.31. The van der Waals surface area contributed by atoms with Crippen LogP contribution in [0.5, 0.6) is 5.75 Å². The molecule has 1 fully saturated rings. The first-order valence-corrected chi connectivity index (χ1v) is 8.92. The van der Waals surface area contributed by atoms with Crippen LogP contribution in [-0.4, -0.2) is 65.3 Å². The second kappa shape index (κ2) is 8.94. The second-order valence-electron chi connectivity index (χ2n) is 6.63. The van der Waals surface area contributed by atoms with Crippen molar-refractivity contribution in [2.45, 2.75) is 19.6 Å². The number of ether oxygens (including phenoxy) is 1. The molecule has 1 unspecified atom stereocenters. The third kappa shape index (κ3) is 5.53. The predicted molar refractivity (Wildman–Crippen MR) is 98.6 cm³/mol. The summed E-state index contributed by atoms with van der Waals surface area (Å²) in [4.78, 5) is 9.11. The fourth-order valence-corrected chi connectivity index (χ4v) is 3.11. The first-order valence-electron chi connectivity index (χ1n) is 8.92. The van der Waals surface area contributed by atoms with Crippen LogP contribution < -0.4 is 4.74 Å². The number of benzene rings is 1. The maximum absolute atomic E-state index is 10.3. The molecule has 0 bridgehead atoms. The average Bonchev–Trinajstić information content (AvgIpc) is 2.64. The molecule has 1 atom stereocenters. The minimum absolute atomic E-state index is 0.332. The summed E-state index contributed by atoms with van der Waals surface area (Å²) in [6.07, 6.45) is 1.37. The molecule has 134 valence electrons. The van der Waals surface area contributed by atoms with E-state index in [0.717, 1.165) is 49.7 Å². The number of pyridine rings is 1. The number of nitrogens with zero attached hydrogens (tertiary/aromatic N) is 3. The SMILES string of the molecule is Cc1ccccc1OCC(O)CN1CCN(Cc2ccccn2)CC1. The molecule has 2 heterocycles. The first-order chi connectivity index (χ1) is 12.2. The number of hydrogen-bond donors (Lipinski definition) is 1. The zero-order valence-electron chi connectivity index (χ0n) is 14.8. The lowest BCUT2D eigenvalue weighted by atomic mass is 10.2. The van der Waals surface area contributed by atoms with Crippen molar-refractivity contribution >= 4 is 0 Å². The third-order valence-corrected chi connectivity index (χ3v) is 4.57. The largest absolute Gasteiger partial charge is 0.491 e. The van der Waals surface area contributed by atoms with Gasteiger partial charge >= 0.3 is 0 Å². The van der Waals surface area contributed by atoms with Gasteiger partial charge in [0.05, 0.1) is 5.69 Å². The Morgan fingerprint density at radius 3 is 2.48 bits per heavy atom. The maximum atomic E-state index is 10.3. The van der Waals surface area contributed by atoms with E-state index in [2.05, 4.69) is 20.9 Å². The highest BCUT2D eigenvalue weighted by Crippen LogP contribution is 2.16. The standard InChI is InChI=1S/C20H27N3O2/c1-17-6-2-3-8-20(17)25-16-19(24)15-23-12-10-22(11-13-23)14-18-7-4-5-9-21-18/h2-9,19,24H,10-16H2,1H3. The van der Waals surface area contributed by atoms with E-state index in [4.69, 9.17) is 4.74 Å². The van der Waals surface area contributed by atoms with Gasteiger partial charge in [-0.2, -0.15) is 0 Å². The van der Waals surface area contributed by atoms with E-state index >= 15 is 0 Å². The van der Waals surface area contributed by atoms with E-state index < -0.39 is 6.10 Å². The average molecular weight is 341 g/mol. The minimum Gasteiger partial charge on any atom is -0.491 e. The van der Waals surface area contributed by atoms with Gasteiger partial charge in [-0.25, -0.2) is 0 Å². The van der Waals surface area contributed by atoms with Gasteiger partial charge in [0.15, 0.2) is 0 Å². The van der Waals surface area contributed by atoms with Crippen molar-refractivity contribution in [1.29, 1.82) is 0 Å². The van der Waals surface area contributed by atoms with Gasteiger partial charge in [0.1, 0.15) is 18.5 Å². The number of β-amino-alcohol motifs (C(OH)–C–C–N with tert-alkyl or cyclic N) is 1. The molecule has 1 saturated heterocycles. The Morgan fingerprint density at radius 1 is 1.04 bits per heavy atom. The Balaban J connectivity index is 1.37. The number of rotatable bonds is 7. The highest BCUT2D eigenvalue weighted by Gasteiger charge is 2.19. The van der Waals surface area contributed by atoms with E-state index in [-0.39, 0.29) is 0 Å². The minimum atomic E-state index is -0.470. The Kier molecular flexibility index (Phi) is 6.39. The van der Waals surface area contributed by atoms with Crippen LogP contribution in [0, 0.1) is 6.92 Å². The fourth-order valence-electron chi connectivity index (χ4n) is 3.11. The molecule has 1 aromatic carbocycles. The van der Waals surface area contributed by atoms with Crippen molar-refractivity contribution in [2.75, 3.05) is 39.3 Å². The van der Waals surface area contributed by atoms with E-state index in [9.17, 15) is 5.11 Å². The van der Waals surface area contributed by atoms with Crippen LogP contribution in [0.1, 0.15) is 11.3 Å². The second-order valence-corrected chi connectivity index (χ2v) is 6.63. The summed E-state index contributed by atoms with van der Waals surface area (Å²) < 4.78 is 5.74. The van der Waals surface area contributed by atoms with Crippen LogP contribution in [0.4, 0.5) is 0 Å². The lowest BCUT2D eigenvalue weighted by Gasteiger charge is -2.35. The molecule has 3 rings (SSSR count). The Bertz CT molecular complexity index is 642. The summed E-state index contributed by atoms with van der Waals surface area (Å²) in [5.41, 5.74) is 2.21. The molecule has 0 aliphatic carbocycles. The zero-order valence-corrected chi connectivity index (χ0v) is 14.8. The van der Waals surface area contributed by atoms with Gasteiger partial charge in [-0.3, -0.25) is 14.8 Å². The number of aromatic nitrogens is 1. The van der Waals surface area contributed by atoms with Crippen molar-refractivity contribution < 1.29 is 9.84 Å². The molecule has 1 N–H and O–H groups in total. The molecular formula is C20H27N3O2. The number of aliphatic hydroxyl groups excluding tert-OH is 1. The van der Waals surface area contributed by atoms with Gasteiger partial charge in [0.2, 0.25) is 0 Å². The van der Waals surface area contributed by atoms with Crippen molar-refractivity contribution in [3.05, 3.63) is 59.9 Å². The molecule has 5 nitrogen and oxygen atoms in total. The lowest BCUT2D eigenvalue weighted by Crippen LogP contribution is -2.48. The molecule has 0 saturated carbocycles. The summed E-state index contributed by atoms with van der Waals surface area (Å²) in [5.74, 6) is 0.849. The van der Waals surface area contributed by atoms with Gasteiger partial charge < -0.3 is 9.84 Å². The molecule has 0 amide bonds. The number of aliphatic hydroxyl groups is 1.